The van der Waals surface area contributed by atoms with Gasteiger partial charge in [-0.25, -0.2) is 18.4 Å². The second-order valence-electron chi connectivity index (χ2n) is 9.41. The maximum absolute atomic E-state index is 11.9. The summed E-state index contributed by atoms with van der Waals surface area (Å²) in [7, 11) is -3.14. The van der Waals surface area contributed by atoms with Crippen molar-refractivity contribution in [2.24, 2.45) is 10.7 Å². The molecular weight excluding hydrogens is 498 g/mol. The second-order valence-corrected chi connectivity index (χ2v) is 12.5. The number of hydrogen-bond acceptors (Lipinski definition) is 10. The van der Waals surface area contributed by atoms with Crippen LogP contribution in [0.2, 0.25) is 0 Å². The minimum atomic E-state index is -3.14. The summed E-state index contributed by atoms with van der Waals surface area (Å²) in [6, 6.07) is 8.28. The Morgan fingerprint density at radius 2 is 1.83 bits per heavy atom. The highest BCUT2D eigenvalue weighted by Crippen LogP contribution is 2.35. The maximum atomic E-state index is 11.9. The van der Waals surface area contributed by atoms with Gasteiger partial charge in [0.1, 0.15) is 5.84 Å². The standard InChI is InChI=1S/C24H29N7O3S2/c1-36(32,33)31-6-4-29(5-7-31)15-18-13-20-21(35-18)24(30-8-10-34-11-9-30)28-23(27-20)16-2-3-19-17(12-16)14-26-22(19)25/h2-3,12-13H,4-11,14-15H2,1H3,(H2,25,26). The molecule has 0 amide bonds. The molecule has 3 aliphatic heterocycles. The quantitative estimate of drug-likeness (QED) is 0.531. The molecule has 10 nitrogen and oxygen atoms in total. The van der Waals surface area contributed by atoms with Crippen molar-refractivity contribution in [1.82, 2.24) is 19.2 Å². The van der Waals surface area contributed by atoms with Crippen LogP contribution in [-0.4, -0.2) is 92.2 Å². The van der Waals surface area contributed by atoms with E-state index in [1.54, 1.807) is 15.6 Å². The van der Waals surface area contributed by atoms with Crippen LogP contribution in [0.1, 0.15) is 16.0 Å². The molecule has 3 aliphatic rings. The molecule has 0 unspecified atom stereocenters. The topological polar surface area (TPSA) is 117 Å². The molecule has 0 aliphatic carbocycles. The van der Waals surface area contributed by atoms with Crippen LogP contribution < -0.4 is 10.6 Å². The Kier molecular flexibility index (Phi) is 6.16. The number of fused-ring (bicyclic) bond motifs is 2. The number of sulfonamides is 1. The van der Waals surface area contributed by atoms with Gasteiger partial charge < -0.3 is 15.4 Å². The van der Waals surface area contributed by atoms with Gasteiger partial charge in [0.25, 0.3) is 0 Å². The monoisotopic (exact) mass is 527 g/mol. The second kappa shape index (κ2) is 9.34. The number of nitrogens with zero attached hydrogens (tertiary/aromatic N) is 6. The van der Waals surface area contributed by atoms with E-state index in [4.69, 9.17) is 20.4 Å². The lowest BCUT2D eigenvalue weighted by atomic mass is 10.0. The smallest absolute Gasteiger partial charge is 0.211 e. The molecule has 2 N–H and O–H groups in total. The van der Waals surface area contributed by atoms with Crippen molar-refractivity contribution >= 4 is 43.2 Å². The lowest BCUT2D eigenvalue weighted by molar-refractivity contribution is 0.122. The predicted octanol–water partition coefficient (Wildman–Crippen LogP) is 1.49. The number of rotatable bonds is 5. The van der Waals surface area contributed by atoms with Crippen molar-refractivity contribution in [3.63, 3.8) is 0 Å². The normalized spacial score (nSPS) is 19.6. The van der Waals surface area contributed by atoms with Gasteiger partial charge in [-0.2, -0.15) is 4.31 Å². The van der Waals surface area contributed by atoms with E-state index >= 15 is 0 Å². The molecule has 1 aromatic carbocycles. The average molecular weight is 528 g/mol. The molecule has 0 atom stereocenters. The van der Waals surface area contributed by atoms with Gasteiger partial charge in [-0.3, -0.25) is 9.89 Å². The number of thiophene rings is 1. The Morgan fingerprint density at radius 1 is 1.06 bits per heavy atom. The molecule has 2 fully saturated rings. The van der Waals surface area contributed by atoms with Crippen molar-refractivity contribution in [3.05, 3.63) is 40.3 Å². The van der Waals surface area contributed by atoms with E-state index in [0.29, 0.717) is 44.5 Å². The number of nitrogens with two attached hydrogens (primary N) is 1. The van der Waals surface area contributed by atoms with Crippen LogP contribution in [0.5, 0.6) is 0 Å². The zero-order valence-corrected chi connectivity index (χ0v) is 21.8. The molecule has 2 saturated heterocycles. The van der Waals surface area contributed by atoms with Crippen LogP contribution in [-0.2, 0) is 27.8 Å². The van der Waals surface area contributed by atoms with E-state index in [2.05, 4.69) is 26.9 Å². The van der Waals surface area contributed by atoms with E-state index in [9.17, 15) is 8.42 Å². The summed E-state index contributed by atoms with van der Waals surface area (Å²) >= 11 is 1.73. The SMILES string of the molecule is CS(=O)(=O)N1CCN(Cc2cc3nc(-c4ccc5c(c4)CN=C5N)nc(N4CCOCC4)c3s2)CC1. The van der Waals surface area contributed by atoms with Gasteiger partial charge in [-0.15, -0.1) is 11.3 Å². The van der Waals surface area contributed by atoms with E-state index in [1.807, 2.05) is 12.1 Å². The zero-order valence-electron chi connectivity index (χ0n) is 20.2. The molecule has 0 bridgehead atoms. The number of hydrogen-bond donors (Lipinski definition) is 1. The summed E-state index contributed by atoms with van der Waals surface area (Å²) in [6.07, 6.45) is 1.28. The van der Waals surface area contributed by atoms with Gasteiger partial charge in [-0.05, 0) is 17.7 Å². The third-order valence-corrected chi connectivity index (χ3v) is 9.36. The number of aliphatic imine (C=N–C) groups is 1. The maximum Gasteiger partial charge on any atom is 0.211 e. The van der Waals surface area contributed by atoms with E-state index < -0.39 is 10.0 Å². The highest BCUT2D eigenvalue weighted by molar-refractivity contribution is 7.88. The molecule has 3 aromatic rings. The number of piperazine rings is 1. The third kappa shape index (κ3) is 4.59. The summed E-state index contributed by atoms with van der Waals surface area (Å²) in [5.41, 5.74) is 9.99. The Morgan fingerprint density at radius 3 is 2.58 bits per heavy atom. The molecule has 0 radical (unpaired) electrons. The Balaban J connectivity index is 1.32. The first-order valence-corrected chi connectivity index (χ1v) is 14.8. The molecule has 0 spiro atoms. The Bertz CT molecular complexity index is 1440. The average Bonchev–Trinajstić information content (AvgIpc) is 3.46. The highest BCUT2D eigenvalue weighted by atomic mass is 32.2. The van der Waals surface area contributed by atoms with Gasteiger partial charge in [0, 0.05) is 61.8 Å². The van der Waals surface area contributed by atoms with Crippen LogP contribution in [0.4, 0.5) is 5.82 Å². The van der Waals surface area contributed by atoms with E-state index in [1.165, 1.54) is 11.1 Å². The highest BCUT2D eigenvalue weighted by Gasteiger charge is 2.25. The summed E-state index contributed by atoms with van der Waals surface area (Å²) in [4.78, 5) is 20.2. The molecule has 6 rings (SSSR count). The molecule has 36 heavy (non-hydrogen) atoms. The predicted molar refractivity (Wildman–Crippen MR) is 142 cm³/mol. The van der Waals surface area contributed by atoms with Crippen LogP contribution in [0.3, 0.4) is 0 Å². The summed E-state index contributed by atoms with van der Waals surface area (Å²) in [5, 5.41) is 0. The first kappa shape index (κ1) is 23.7. The molecular formula is C24H29N7O3S2. The summed E-state index contributed by atoms with van der Waals surface area (Å²) in [6.45, 7) is 6.79. The first-order valence-electron chi connectivity index (χ1n) is 12.1. The number of morpholine rings is 1. The van der Waals surface area contributed by atoms with E-state index in [0.717, 1.165) is 65.4 Å². The van der Waals surface area contributed by atoms with Crippen molar-refractivity contribution in [3.8, 4) is 11.4 Å². The minimum Gasteiger partial charge on any atom is -0.383 e. The molecule has 0 saturated carbocycles. The van der Waals surface area contributed by atoms with Crippen molar-refractivity contribution in [2.45, 2.75) is 13.1 Å². The van der Waals surface area contributed by atoms with Crippen molar-refractivity contribution < 1.29 is 13.2 Å². The number of ether oxygens (including phenoxy) is 1. The van der Waals surface area contributed by atoms with E-state index in [-0.39, 0.29) is 0 Å². The fraction of sp³-hybridized carbons (Fsp3) is 0.458. The van der Waals surface area contributed by atoms with Crippen LogP contribution in [0.25, 0.3) is 21.6 Å². The first-order chi connectivity index (χ1) is 17.3. The van der Waals surface area contributed by atoms with Crippen LogP contribution in [0.15, 0.2) is 29.3 Å². The van der Waals surface area contributed by atoms with Crippen molar-refractivity contribution in [1.29, 1.82) is 0 Å². The van der Waals surface area contributed by atoms with Gasteiger partial charge >= 0.3 is 0 Å². The lowest BCUT2D eigenvalue weighted by Crippen LogP contribution is -2.47. The lowest BCUT2D eigenvalue weighted by Gasteiger charge is -2.32. The minimum absolute atomic E-state index is 0.527. The van der Waals surface area contributed by atoms with Gasteiger partial charge in [-0.1, -0.05) is 12.1 Å². The third-order valence-electron chi connectivity index (χ3n) is 6.95. The Labute approximate surface area is 214 Å². The van der Waals surface area contributed by atoms with Gasteiger partial charge in [0.15, 0.2) is 11.6 Å². The number of amidine groups is 1. The Hall–Kier alpha value is -2.64. The molecule has 190 valence electrons. The fourth-order valence-electron chi connectivity index (χ4n) is 4.97. The fourth-order valence-corrected chi connectivity index (χ4v) is 6.95. The van der Waals surface area contributed by atoms with Crippen LogP contribution in [0, 0.1) is 0 Å². The largest absolute Gasteiger partial charge is 0.383 e. The van der Waals surface area contributed by atoms with Crippen LogP contribution >= 0.6 is 11.3 Å². The summed E-state index contributed by atoms with van der Waals surface area (Å²) in [5.74, 6) is 2.23. The van der Waals surface area contributed by atoms with Gasteiger partial charge in [0.05, 0.1) is 36.2 Å². The zero-order chi connectivity index (χ0) is 24.9. The number of benzene rings is 1. The molecule has 5 heterocycles. The number of aromatic nitrogens is 2. The molecule has 12 heteroatoms. The molecule has 2 aromatic heterocycles. The van der Waals surface area contributed by atoms with Gasteiger partial charge in [0.2, 0.25) is 10.0 Å². The van der Waals surface area contributed by atoms with Crippen molar-refractivity contribution in [2.75, 3.05) is 63.6 Å². The number of anilines is 1. The summed E-state index contributed by atoms with van der Waals surface area (Å²) < 4.78 is 31.9.